The van der Waals surface area contributed by atoms with E-state index in [4.69, 9.17) is 4.74 Å². The molecule has 0 bridgehead atoms. The lowest BCUT2D eigenvalue weighted by atomic mass is 10.1. The third-order valence-electron chi connectivity index (χ3n) is 2.72. The Morgan fingerprint density at radius 3 is 2.95 bits per heavy atom. The molecule has 0 aliphatic carbocycles. The number of methoxy groups -OCH3 is 1. The van der Waals surface area contributed by atoms with Gasteiger partial charge >= 0.3 is 5.97 Å². The SMILES string of the molecule is CCn1cc(N[C@@H](C(=O)OC)c2cccnc2)cn1. The van der Waals surface area contributed by atoms with Crippen molar-refractivity contribution in [3.63, 3.8) is 0 Å². The highest BCUT2D eigenvalue weighted by Gasteiger charge is 2.21. The van der Waals surface area contributed by atoms with E-state index in [9.17, 15) is 4.79 Å². The molecule has 1 N–H and O–H groups in total. The number of nitrogens with zero attached hydrogens (tertiary/aromatic N) is 3. The third-order valence-corrected chi connectivity index (χ3v) is 2.72. The zero-order valence-electron chi connectivity index (χ0n) is 10.9. The average Bonchev–Trinajstić information content (AvgIpc) is 2.92. The average molecular weight is 260 g/mol. The first-order valence-corrected chi connectivity index (χ1v) is 6.01. The molecular formula is C13H16N4O2. The van der Waals surface area contributed by atoms with Crippen LogP contribution in [0.5, 0.6) is 0 Å². The van der Waals surface area contributed by atoms with Crippen molar-refractivity contribution in [2.45, 2.75) is 19.5 Å². The van der Waals surface area contributed by atoms with Gasteiger partial charge in [0, 0.05) is 30.7 Å². The van der Waals surface area contributed by atoms with Crippen molar-refractivity contribution < 1.29 is 9.53 Å². The van der Waals surface area contributed by atoms with Gasteiger partial charge in [0.1, 0.15) is 0 Å². The Balaban J connectivity index is 2.21. The number of aryl methyl sites for hydroxylation is 1. The van der Waals surface area contributed by atoms with Gasteiger partial charge in [-0.3, -0.25) is 9.67 Å². The quantitative estimate of drug-likeness (QED) is 0.827. The van der Waals surface area contributed by atoms with Crippen LogP contribution in [0.3, 0.4) is 0 Å². The molecule has 2 rings (SSSR count). The number of hydrogen-bond donors (Lipinski definition) is 1. The van der Waals surface area contributed by atoms with E-state index in [1.165, 1.54) is 7.11 Å². The molecule has 0 fully saturated rings. The highest BCUT2D eigenvalue weighted by molar-refractivity contribution is 5.80. The number of carbonyl (C=O) groups excluding carboxylic acids is 1. The predicted molar refractivity (Wildman–Crippen MR) is 70.5 cm³/mol. The number of esters is 1. The van der Waals surface area contributed by atoms with E-state index in [2.05, 4.69) is 15.4 Å². The van der Waals surface area contributed by atoms with Crippen molar-refractivity contribution in [1.29, 1.82) is 0 Å². The number of anilines is 1. The van der Waals surface area contributed by atoms with Crippen LogP contribution < -0.4 is 5.32 Å². The van der Waals surface area contributed by atoms with Crippen molar-refractivity contribution in [3.05, 3.63) is 42.5 Å². The van der Waals surface area contributed by atoms with Crippen LogP contribution in [0.15, 0.2) is 36.9 Å². The first-order chi connectivity index (χ1) is 9.24. The maximum Gasteiger partial charge on any atom is 0.333 e. The molecule has 2 aromatic rings. The van der Waals surface area contributed by atoms with Crippen molar-refractivity contribution in [2.75, 3.05) is 12.4 Å². The number of aromatic nitrogens is 3. The largest absolute Gasteiger partial charge is 0.467 e. The van der Waals surface area contributed by atoms with E-state index < -0.39 is 6.04 Å². The summed E-state index contributed by atoms with van der Waals surface area (Å²) in [7, 11) is 1.36. The number of carbonyl (C=O) groups is 1. The number of ether oxygens (including phenoxy) is 1. The molecule has 0 saturated carbocycles. The maximum atomic E-state index is 11.9. The summed E-state index contributed by atoms with van der Waals surface area (Å²) in [6, 6.07) is 3.02. The van der Waals surface area contributed by atoms with E-state index in [1.54, 1.807) is 29.3 Å². The van der Waals surface area contributed by atoms with Gasteiger partial charge in [0.25, 0.3) is 0 Å². The number of nitrogens with one attached hydrogen (secondary N) is 1. The Hall–Kier alpha value is -2.37. The van der Waals surface area contributed by atoms with Crippen LogP contribution in [0.4, 0.5) is 5.69 Å². The fourth-order valence-electron chi connectivity index (χ4n) is 1.72. The summed E-state index contributed by atoms with van der Waals surface area (Å²) in [5, 5.41) is 7.26. The molecule has 100 valence electrons. The van der Waals surface area contributed by atoms with E-state index >= 15 is 0 Å². The van der Waals surface area contributed by atoms with Crippen LogP contribution in [-0.2, 0) is 16.1 Å². The van der Waals surface area contributed by atoms with Gasteiger partial charge in [0.2, 0.25) is 0 Å². The molecule has 6 heteroatoms. The summed E-state index contributed by atoms with van der Waals surface area (Å²) in [6.07, 6.45) is 6.81. The molecule has 2 heterocycles. The van der Waals surface area contributed by atoms with Crippen molar-refractivity contribution >= 4 is 11.7 Å². The molecule has 0 unspecified atom stereocenters. The minimum atomic E-state index is -0.590. The number of hydrogen-bond acceptors (Lipinski definition) is 5. The molecule has 1 atom stereocenters. The Morgan fingerprint density at radius 1 is 1.53 bits per heavy atom. The van der Waals surface area contributed by atoms with Crippen LogP contribution in [0, 0.1) is 0 Å². The van der Waals surface area contributed by atoms with Gasteiger partial charge < -0.3 is 10.1 Å². The first-order valence-electron chi connectivity index (χ1n) is 6.01. The zero-order chi connectivity index (χ0) is 13.7. The molecule has 0 saturated heterocycles. The lowest BCUT2D eigenvalue weighted by molar-refractivity contribution is -0.141. The fourth-order valence-corrected chi connectivity index (χ4v) is 1.72. The van der Waals surface area contributed by atoms with Gasteiger partial charge in [-0.1, -0.05) is 6.07 Å². The van der Waals surface area contributed by atoms with Gasteiger partial charge in [-0.25, -0.2) is 4.79 Å². The lowest BCUT2D eigenvalue weighted by Crippen LogP contribution is -2.22. The predicted octanol–water partition coefficient (Wildman–Crippen LogP) is 1.62. The van der Waals surface area contributed by atoms with Gasteiger partial charge in [-0.2, -0.15) is 5.10 Å². The molecular weight excluding hydrogens is 244 g/mol. The molecule has 0 aliphatic rings. The summed E-state index contributed by atoms with van der Waals surface area (Å²) < 4.78 is 6.59. The molecule has 0 aliphatic heterocycles. The Labute approximate surface area is 111 Å². The van der Waals surface area contributed by atoms with E-state index in [0.29, 0.717) is 0 Å². The number of pyridine rings is 1. The highest BCUT2D eigenvalue weighted by Crippen LogP contribution is 2.19. The molecule has 6 nitrogen and oxygen atoms in total. The van der Waals surface area contributed by atoms with Crippen LogP contribution in [0.1, 0.15) is 18.5 Å². The van der Waals surface area contributed by atoms with Gasteiger partial charge in [0.15, 0.2) is 6.04 Å². The monoisotopic (exact) mass is 260 g/mol. The standard InChI is InChI=1S/C13H16N4O2/c1-3-17-9-11(8-15-17)16-12(13(18)19-2)10-5-4-6-14-7-10/h4-9,12,16H,3H2,1-2H3/t12-/m1/s1. The second-order valence-corrected chi connectivity index (χ2v) is 3.97. The van der Waals surface area contributed by atoms with Gasteiger partial charge in [-0.15, -0.1) is 0 Å². The van der Waals surface area contributed by atoms with Crippen molar-refractivity contribution in [2.24, 2.45) is 0 Å². The van der Waals surface area contributed by atoms with Crippen LogP contribution >= 0.6 is 0 Å². The minimum Gasteiger partial charge on any atom is -0.467 e. The fraction of sp³-hybridized carbons (Fsp3) is 0.308. The summed E-state index contributed by atoms with van der Waals surface area (Å²) in [5.74, 6) is -0.364. The zero-order valence-corrected chi connectivity index (χ0v) is 10.9. The smallest absolute Gasteiger partial charge is 0.333 e. The minimum absolute atomic E-state index is 0.364. The second-order valence-electron chi connectivity index (χ2n) is 3.97. The molecule has 19 heavy (non-hydrogen) atoms. The van der Waals surface area contributed by atoms with Crippen LogP contribution in [0.25, 0.3) is 0 Å². The van der Waals surface area contributed by atoms with Crippen molar-refractivity contribution in [1.82, 2.24) is 14.8 Å². The first kappa shape index (κ1) is 13.1. The molecule has 0 radical (unpaired) electrons. The Bertz CT molecular complexity index is 539. The van der Waals surface area contributed by atoms with E-state index in [-0.39, 0.29) is 5.97 Å². The highest BCUT2D eigenvalue weighted by atomic mass is 16.5. The summed E-state index contributed by atoms with van der Waals surface area (Å²) in [6.45, 7) is 2.77. The number of rotatable bonds is 5. The summed E-state index contributed by atoms with van der Waals surface area (Å²) in [4.78, 5) is 15.9. The Morgan fingerprint density at radius 2 is 2.37 bits per heavy atom. The van der Waals surface area contributed by atoms with Gasteiger partial charge in [-0.05, 0) is 13.0 Å². The molecule has 2 aromatic heterocycles. The maximum absolute atomic E-state index is 11.9. The second kappa shape index (κ2) is 5.99. The topological polar surface area (TPSA) is 69.0 Å². The van der Waals surface area contributed by atoms with Crippen molar-refractivity contribution in [3.8, 4) is 0 Å². The molecule has 0 spiro atoms. The lowest BCUT2D eigenvalue weighted by Gasteiger charge is -2.16. The molecule has 0 aromatic carbocycles. The molecule has 0 amide bonds. The Kier molecular flexibility index (Phi) is 4.12. The van der Waals surface area contributed by atoms with Crippen LogP contribution in [-0.4, -0.2) is 27.8 Å². The normalized spacial score (nSPS) is 11.9. The third kappa shape index (κ3) is 3.09. The van der Waals surface area contributed by atoms with E-state index in [1.807, 2.05) is 19.2 Å². The van der Waals surface area contributed by atoms with Crippen LogP contribution in [0.2, 0.25) is 0 Å². The van der Waals surface area contributed by atoms with E-state index in [0.717, 1.165) is 17.8 Å². The van der Waals surface area contributed by atoms with Gasteiger partial charge in [0.05, 0.1) is 19.0 Å². The summed E-state index contributed by atoms with van der Waals surface area (Å²) in [5.41, 5.74) is 1.51. The summed E-state index contributed by atoms with van der Waals surface area (Å²) >= 11 is 0.